The van der Waals surface area contributed by atoms with E-state index in [4.69, 9.17) is 22.4 Å². The third kappa shape index (κ3) is 5.33. The molecule has 8 nitrogen and oxygen atoms in total. The van der Waals surface area contributed by atoms with Crippen LogP contribution in [0.25, 0.3) is 0 Å². The summed E-state index contributed by atoms with van der Waals surface area (Å²) in [5.41, 5.74) is 5.56. The van der Waals surface area contributed by atoms with Crippen molar-refractivity contribution in [2.24, 2.45) is 10.8 Å². The fraction of sp³-hybridized carbons (Fsp3) is 0.455. The van der Waals surface area contributed by atoms with E-state index in [1.807, 2.05) is 19.0 Å². The molecule has 1 heterocycles. The average molecular weight is 299 g/mol. The number of nitrogens with two attached hydrogens (primary N) is 1. The number of hydrogen-bond donors (Lipinski definition) is 1. The molecular weight excluding hydrogens is 282 g/mol. The summed E-state index contributed by atoms with van der Waals surface area (Å²) in [7, 11) is 3.94. The third-order valence-corrected chi connectivity index (χ3v) is 2.56. The van der Waals surface area contributed by atoms with Crippen molar-refractivity contribution in [2.75, 3.05) is 27.2 Å². The molecule has 20 heavy (non-hydrogen) atoms. The van der Waals surface area contributed by atoms with Crippen LogP contribution in [0.1, 0.15) is 12.2 Å². The molecule has 1 aromatic heterocycles. The predicted molar refractivity (Wildman–Crippen MR) is 79.6 cm³/mol. The number of hydrogen-bond acceptors (Lipinski definition) is 6. The maximum atomic E-state index is 10.5. The summed E-state index contributed by atoms with van der Waals surface area (Å²) in [5, 5.41) is 16.1. The van der Waals surface area contributed by atoms with Crippen LogP contribution in [0.4, 0.5) is 5.88 Å². The van der Waals surface area contributed by atoms with Crippen molar-refractivity contribution in [2.45, 2.75) is 6.42 Å². The molecule has 0 fully saturated rings. The first-order chi connectivity index (χ1) is 9.40. The van der Waals surface area contributed by atoms with Crippen LogP contribution in [0.3, 0.4) is 0 Å². The highest BCUT2D eigenvalue weighted by Gasteiger charge is 2.11. The largest absolute Gasteiger partial charge is 0.433 e. The molecule has 9 heteroatoms. The van der Waals surface area contributed by atoms with E-state index in [9.17, 15) is 10.1 Å². The van der Waals surface area contributed by atoms with Crippen LogP contribution in [0, 0.1) is 10.1 Å². The quantitative estimate of drug-likeness (QED) is 0.347. The number of rotatable bonds is 7. The van der Waals surface area contributed by atoms with Gasteiger partial charge in [-0.15, -0.1) is 0 Å². The van der Waals surface area contributed by atoms with Gasteiger partial charge in [-0.05, 0) is 45.3 Å². The highest BCUT2D eigenvalue weighted by Crippen LogP contribution is 2.14. The van der Waals surface area contributed by atoms with Gasteiger partial charge in [0, 0.05) is 6.54 Å². The highest BCUT2D eigenvalue weighted by molar-refractivity contribution is 7.80. The van der Waals surface area contributed by atoms with E-state index in [0.717, 1.165) is 13.0 Å². The van der Waals surface area contributed by atoms with Crippen LogP contribution in [0.5, 0.6) is 0 Å². The number of nitrogens with zero attached hydrogens (tertiary/aromatic N) is 4. The Morgan fingerprint density at radius 1 is 1.55 bits per heavy atom. The van der Waals surface area contributed by atoms with Crippen molar-refractivity contribution in [1.29, 1.82) is 0 Å². The summed E-state index contributed by atoms with van der Waals surface area (Å²) in [6.45, 7) is 1.44. The molecule has 2 N–H and O–H groups in total. The zero-order chi connectivity index (χ0) is 15.1. The molecular formula is C11H17N5O3S. The Bertz CT molecular complexity index is 500. The van der Waals surface area contributed by atoms with Gasteiger partial charge in [-0.25, -0.2) is 5.01 Å². The molecule has 0 atom stereocenters. The molecule has 1 aromatic rings. The minimum atomic E-state index is -0.611. The molecule has 0 saturated carbocycles. The Morgan fingerprint density at radius 3 is 2.75 bits per heavy atom. The maximum Gasteiger partial charge on any atom is 0.433 e. The molecule has 0 spiro atoms. The topological polar surface area (TPSA) is 101 Å². The van der Waals surface area contributed by atoms with Crippen LogP contribution < -0.4 is 5.73 Å². The van der Waals surface area contributed by atoms with Gasteiger partial charge in [-0.1, -0.05) is 0 Å². The lowest BCUT2D eigenvalue weighted by atomic mass is 10.4. The van der Waals surface area contributed by atoms with Crippen LogP contribution in [-0.4, -0.2) is 53.3 Å². The second kappa shape index (κ2) is 7.56. The lowest BCUT2D eigenvalue weighted by molar-refractivity contribution is -0.402. The number of hydrazone groups is 1. The van der Waals surface area contributed by atoms with Crippen LogP contribution >= 0.6 is 12.2 Å². The molecule has 1 rings (SSSR count). The maximum absolute atomic E-state index is 10.5. The molecule has 110 valence electrons. The minimum absolute atomic E-state index is 0.140. The molecule has 0 aromatic carbocycles. The predicted octanol–water partition coefficient (Wildman–Crippen LogP) is 1.02. The van der Waals surface area contributed by atoms with Gasteiger partial charge in [0.25, 0.3) is 0 Å². The SMILES string of the molecule is CN(C)CCCN(/N=C\c1ccc([N+](=O)[O-])o1)C(N)=S. The highest BCUT2D eigenvalue weighted by atomic mass is 32.1. The lowest BCUT2D eigenvalue weighted by Crippen LogP contribution is -2.33. The normalized spacial score (nSPS) is 11.2. The van der Waals surface area contributed by atoms with E-state index in [1.165, 1.54) is 23.4 Å². The zero-order valence-electron chi connectivity index (χ0n) is 11.4. The minimum Gasteiger partial charge on any atom is -0.400 e. The van der Waals surface area contributed by atoms with Gasteiger partial charge < -0.3 is 15.1 Å². The Balaban J connectivity index is 2.61. The molecule has 0 aliphatic rings. The van der Waals surface area contributed by atoms with E-state index >= 15 is 0 Å². The smallest absolute Gasteiger partial charge is 0.400 e. The van der Waals surface area contributed by atoms with Crippen molar-refractivity contribution < 1.29 is 9.34 Å². The van der Waals surface area contributed by atoms with Gasteiger partial charge in [0.15, 0.2) is 10.9 Å². The van der Waals surface area contributed by atoms with E-state index < -0.39 is 4.92 Å². The molecule has 0 radical (unpaired) electrons. The second-order valence-electron chi connectivity index (χ2n) is 4.30. The Kier molecular flexibility index (Phi) is 6.07. The molecule has 0 amide bonds. The van der Waals surface area contributed by atoms with Crippen molar-refractivity contribution in [3.63, 3.8) is 0 Å². The first kappa shape index (κ1) is 16.1. The van der Waals surface area contributed by atoms with E-state index in [1.54, 1.807) is 0 Å². The van der Waals surface area contributed by atoms with Gasteiger partial charge in [0.2, 0.25) is 0 Å². The summed E-state index contributed by atoms with van der Waals surface area (Å²) in [4.78, 5) is 11.9. The summed E-state index contributed by atoms with van der Waals surface area (Å²) in [6, 6.07) is 2.72. The van der Waals surface area contributed by atoms with Gasteiger partial charge in [-0.2, -0.15) is 5.10 Å². The average Bonchev–Trinajstić information content (AvgIpc) is 2.81. The van der Waals surface area contributed by atoms with Crippen molar-refractivity contribution in [1.82, 2.24) is 9.91 Å². The molecule has 0 saturated heterocycles. The van der Waals surface area contributed by atoms with Crippen molar-refractivity contribution >= 4 is 29.4 Å². The first-order valence-electron chi connectivity index (χ1n) is 5.90. The summed E-state index contributed by atoms with van der Waals surface area (Å²) in [6.07, 6.45) is 2.18. The molecule has 0 aliphatic heterocycles. The molecule has 0 bridgehead atoms. The monoisotopic (exact) mass is 299 g/mol. The van der Waals surface area contributed by atoms with Gasteiger partial charge in [0.1, 0.15) is 4.92 Å². The third-order valence-electron chi connectivity index (χ3n) is 2.35. The van der Waals surface area contributed by atoms with Crippen molar-refractivity contribution in [3.8, 4) is 0 Å². The van der Waals surface area contributed by atoms with Gasteiger partial charge in [0.05, 0.1) is 12.3 Å². The summed E-state index contributed by atoms with van der Waals surface area (Å²) >= 11 is 4.90. The van der Waals surface area contributed by atoms with Crippen LogP contribution in [0.2, 0.25) is 0 Å². The summed E-state index contributed by atoms with van der Waals surface area (Å²) < 4.78 is 4.95. The van der Waals surface area contributed by atoms with E-state index in [2.05, 4.69) is 5.10 Å². The number of thiocarbonyl (C=S) groups is 1. The molecule has 0 aliphatic carbocycles. The fourth-order valence-electron chi connectivity index (χ4n) is 1.40. The van der Waals surface area contributed by atoms with Crippen LogP contribution in [0.15, 0.2) is 21.7 Å². The first-order valence-corrected chi connectivity index (χ1v) is 6.31. The van der Waals surface area contributed by atoms with E-state index in [0.29, 0.717) is 6.54 Å². The summed E-state index contributed by atoms with van der Waals surface area (Å²) in [5.74, 6) is -0.0634. The second-order valence-corrected chi connectivity index (χ2v) is 4.71. The lowest BCUT2D eigenvalue weighted by Gasteiger charge is -2.17. The number of nitro groups is 1. The Labute approximate surface area is 122 Å². The van der Waals surface area contributed by atoms with E-state index in [-0.39, 0.29) is 16.8 Å². The Hall–Kier alpha value is -2.00. The zero-order valence-corrected chi connectivity index (χ0v) is 12.2. The number of furan rings is 1. The Morgan fingerprint density at radius 2 is 2.25 bits per heavy atom. The van der Waals surface area contributed by atoms with Crippen LogP contribution in [-0.2, 0) is 0 Å². The van der Waals surface area contributed by atoms with Crippen molar-refractivity contribution in [3.05, 3.63) is 28.0 Å². The fourth-order valence-corrected chi connectivity index (χ4v) is 1.54. The molecule has 0 unspecified atom stereocenters. The standard InChI is InChI=1S/C11H17N5O3S/c1-14(2)6-3-7-15(11(12)20)13-8-9-4-5-10(19-9)16(17)18/h4-5,8H,3,6-7H2,1-2H3,(H2,12,20)/b13-8-. The van der Waals surface area contributed by atoms with Gasteiger partial charge in [-0.3, -0.25) is 10.1 Å². The van der Waals surface area contributed by atoms with Gasteiger partial charge >= 0.3 is 5.88 Å².